The Morgan fingerprint density at radius 1 is 1.47 bits per heavy atom. The van der Waals surface area contributed by atoms with Crippen molar-refractivity contribution in [2.75, 3.05) is 0 Å². The van der Waals surface area contributed by atoms with Gasteiger partial charge in [-0.3, -0.25) is 0 Å². The molecular formula is C11H6BrNS2. The monoisotopic (exact) mass is 295 g/mol. The number of halogens is 1. The van der Waals surface area contributed by atoms with Crippen LogP contribution in [0.25, 0.3) is 11.6 Å². The first-order valence-corrected chi connectivity index (χ1v) is 6.74. The van der Waals surface area contributed by atoms with E-state index in [1.54, 1.807) is 22.7 Å². The van der Waals surface area contributed by atoms with Crippen LogP contribution < -0.4 is 0 Å². The lowest BCUT2D eigenvalue weighted by molar-refractivity contribution is 1.54. The molecule has 74 valence electrons. The van der Waals surface area contributed by atoms with E-state index in [-0.39, 0.29) is 0 Å². The zero-order valence-corrected chi connectivity index (χ0v) is 10.8. The number of hydrogen-bond acceptors (Lipinski definition) is 3. The summed E-state index contributed by atoms with van der Waals surface area (Å²) in [6.45, 7) is 0. The molecule has 2 aromatic heterocycles. The van der Waals surface area contributed by atoms with E-state index in [4.69, 9.17) is 5.26 Å². The van der Waals surface area contributed by atoms with Gasteiger partial charge in [0, 0.05) is 19.6 Å². The maximum Gasteiger partial charge on any atom is 0.101 e. The van der Waals surface area contributed by atoms with Crippen LogP contribution in [0.2, 0.25) is 0 Å². The maximum absolute atomic E-state index is 9.05. The Balaban J connectivity index is 2.36. The van der Waals surface area contributed by atoms with Gasteiger partial charge in [-0.2, -0.15) is 5.26 Å². The summed E-state index contributed by atoms with van der Waals surface area (Å²) in [5, 5.41) is 13.0. The van der Waals surface area contributed by atoms with Crippen LogP contribution in [-0.2, 0) is 0 Å². The van der Waals surface area contributed by atoms with E-state index in [2.05, 4.69) is 22.0 Å². The smallest absolute Gasteiger partial charge is 0.101 e. The van der Waals surface area contributed by atoms with E-state index >= 15 is 0 Å². The van der Waals surface area contributed by atoms with Crippen molar-refractivity contribution in [3.8, 4) is 6.07 Å². The summed E-state index contributed by atoms with van der Waals surface area (Å²) in [7, 11) is 0. The number of rotatable bonds is 2. The minimum Gasteiger partial charge on any atom is -0.192 e. The molecule has 2 aromatic rings. The summed E-state index contributed by atoms with van der Waals surface area (Å²) in [5.74, 6) is 0. The van der Waals surface area contributed by atoms with Crippen LogP contribution >= 0.6 is 38.6 Å². The lowest BCUT2D eigenvalue weighted by Gasteiger charge is -1.91. The second-order valence-electron chi connectivity index (χ2n) is 2.81. The molecule has 0 N–H and O–H groups in total. The average molecular weight is 296 g/mol. The molecule has 0 aliphatic heterocycles. The SMILES string of the molecule is N#C/C(=C\c1cc(Br)cs1)c1cccs1. The molecule has 15 heavy (non-hydrogen) atoms. The third-order valence-corrected chi connectivity index (χ3v) is 4.33. The van der Waals surface area contributed by atoms with E-state index in [0.717, 1.165) is 19.8 Å². The maximum atomic E-state index is 9.05. The van der Waals surface area contributed by atoms with E-state index in [1.807, 2.05) is 35.0 Å². The third-order valence-electron chi connectivity index (χ3n) is 1.78. The van der Waals surface area contributed by atoms with Crippen LogP contribution in [0, 0.1) is 11.3 Å². The highest BCUT2D eigenvalue weighted by atomic mass is 79.9. The van der Waals surface area contributed by atoms with Gasteiger partial charge in [0.1, 0.15) is 6.07 Å². The molecule has 0 bridgehead atoms. The van der Waals surface area contributed by atoms with Gasteiger partial charge in [0.15, 0.2) is 0 Å². The highest BCUT2D eigenvalue weighted by molar-refractivity contribution is 9.10. The first kappa shape index (κ1) is 10.6. The molecule has 0 aromatic carbocycles. The quantitative estimate of drug-likeness (QED) is 0.741. The summed E-state index contributed by atoms with van der Waals surface area (Å²) >= 11 is 6.60. The first-order chi connectivity index (χ1) is 7.29. The number of allylic oxidation sites excluding steroid dienone is 1. The number of thiophene rings is 2. The standard InChI is InChI=1S/C11H6BrNS2/c12-9-5-10(15-7-9)4-8(6-13)11-2-1-3-14-11/h1-5,7H/b8-4+. The number of nitriles is 1. The van der Waals surface area contributed by atoms with Crippen molar-refractivity contribution in [2.24, 2.45) is 0 Å². The van der Waals surface area contributed by atoms with Gasteiger partial charge in [0.05, 0.1) is 5.57 Å². The van der Waals surface area contributed by atoms with Gasteiger partial charge in [-0.15, -0.1) is 22.7 Å². The van der Waals surface area contributed by atoms with E-state index in [1.165, 1.54) is 0 Å². The van der Waals surface area contributed by atoms with Gasteiger partial charge < -0.3 is 0 Å². The molecule has 4 heteroatoms. The van der Waals surface area contributed by atoms with Gasteiger partial charge in [-0.05, 0) is 39.5 Å². The van der Waals surface area contributed by atoms with Crippen molar-refractivity contribution in [1.82, 2.24) is 0 Å². The van der Waals surface area contributed by atoms with Crippen LogP contribution in [0.15, 0.2) is 33.4 Å². The molecule has 0 fully saturated rings. The fourth-order valence-corrected chi connectivity index (χ4v) is 3.21. The molecule has 2 heterocycles. The second-order valence-corrected chi connectivity index (χ2v) is 5.62. The Kier molecular flexibility index (Phi) is 3.37. The molecule has 0 saturated heterocycles. The molecule has 0 atom stereocenters. The summed E-state index contributed by atoms with van der Waals surface area (Å²) in [6.07, 6.45) is 1.92. The molecule has 0 radical (unpaired) electrons. The minimum atomic E-state index is 0.722. The summed E-state index contributed by atoms with van der Waals surface area (Å²) < 4.78 is 1.06. The highest BCUT2D eigenvalue weighted by Gasteiger charge is 2.02. The Hall–Kier alpha value is -0.890. The van der Waals surface area contributed by atoms with Crippen molar-refractivity contribution in [3.63, 3.8) is 0 Å². The van der Waals surface area contributed by atoms with Gasteiger partial charge >= 0.3 is 0 Å². The average Bonchev–Trinajstić information content (AvgIpc) is 2.85. The highest BCUT2D eigenvalue weighted by Crippen LogP contribution is 2.26. The Morgan fingerprint density at radius 3 is 2.87 bits per heavy atom. The molecule has 0 unspecified atom stereocenters. The van der Waals surface area contributed by atoms with Crippen LogP contribution in [0.5, 0.6) is 0 Å². The van der Waals surface area contributed by atoms with Gasteiger partial charge in [0.25, 0.3) is 0 Å². The summed E-state index contributed by atoms with van der Waals surface area (Å²) in [5.41, 5.74) is 0.722. The molecule has 0 aliphatic carbocycles. The molecule has 0 aliphatic rings. The minimum absolute atomic E-state index is 0.722. The zero-order chi connectivity index (χ0) is 10.7. The fourth-order valence-electron chi connectivity index (χ4n) is 1.14. The second kappa shape index (κ2) is 4.75. The summed E-state index contributed by atoms with van der Waals surface area (Å²) in [4.78, 5) is 2.11. The molecule has 1 nitrogen and oxygen atoms in total. The predicted molar refractivity (Wildman–Crippen MR) is 69.8 cm³/mol. The largest absolute Gasteiger partial charge is 0.192 e. The van der Waals surface area contributed by atoms with Crippen LogP contribution in [0.3, 0.4) is 0 Å². The molecule has 0 amide bonds. The topological polar surface area (TPSA) is 23.8 Å². The fraction of sp³-hybridized carbons (Fsp3) is 0. The van der Waals surface area contributed by atoms with E-state index < -0.39 is 0 Å². The van der Waals surface area contributed by atoms with Crippen LogP contribution in [0.1, 0.15) is 9.75 Å². The molecular weight excluding hydrogens is 290 g/mol. The Bertz CT molecular complexity index is 517. The summed E-state index contributed by atoms with van der Waals surface area (Å²) in [6, 6.07) is 8.15. The van der Waals surface area contributed by atoms with Crippen molar-refractivity contribution in [3.05, 3.63) is 43.2 Å². The molecule has 0 spiro atoms. The lowest BCUT2D eigenvalue weighted by atomic mass is 10.2. The number of hydrogen-bond donors (Lipinski definition) is 0. The van der Waals surface area contributed by atoms with Crippen LogP contribution in [0.4, 0.5) is 0 Å². The van der Waals surface area contributed by atoms with Crippen LogP contribution in [-0.4, -0.2) is 0 Å². The van der Waals surface area contributed by atoms with Crippen molar-refractivity contribution in [2.45, 2.75) is 0 Å². The third kappa shape index (κ3) is 2.57. The van der Waals surface area contributed by atoms with Crippen molar-refractivity contribution >= 4 is 50.3 Å². The van der Waals surface area contributed by atoms with Gasteiger partial charge in [-0.1, -0.05) is 6.07 Å². The van der Waals surface area contributed by atoms with E-state index in [9.17, 15) is 0 Å². The van der Waals surface area contributed by atoms with E-state index in [0.29, 0.717) is 0 Å². The van der Waals surface area contributed by atoms with Gasteiger partial charge in [-0.25, -0.2) is 0 Å². The lowest BCUT2D eigenvalue weighted by Crippen LogP contribution is -1.72. The number of nitrogens with zero attached hydrogens (tertiary/aromatic N) is 1. The normalized spacial score (nSPS) is 11.3. The molecule has 2 rings (SSSR count). The Labute approximate surface area is 104 Å². The molecule has 0 saturated carbocycles. The Morgan fingerprint density at radius 2 is 2.33 bits per heavy atom. The predicted octanol–water partition coefficient (Wildman–Crippen LogP) is 4.64. The van der Waals surface area contributed by atoms with Gasteiger partial charge in [0.2, 0.25) is 0 Å². The first-order valence-electron chi connectivity index (χ1n) is 4.19. The van der Waals surface area contributed by atoms with Crippen molar-refractivity contribution < 1.29 is 0 Å². The van der Waals surface area contributed by atoms with Crippen molar-refractivity contribution in [1.29, 1.82) is 5.26 Å². The zero-order valence-electron chi connectivity index (χ0n) is 7.61.